The summed E-state index contributed by atoms with van der Waals surface area (Å²) < 4.78 is 0. The van der Waals surface area contributed by atoms with Gasteiger partial charge >= 0.3 is 0 Å². The highest BCUT2D eigenvalue weighted by molar-refractivity contribution is 6.10. The van der Waals surface area contributed by atoms with Crippen molar-refractivity contribution in [1.29, 1.82) is 0 Å². The molecule has 0 fully saturated rings. The molecule has 0 aliphatic carbocycles. The Kier molecular flexibility index (Phi) is 3.63. The van der Waals surface area contributed by atoms with Crippen molar-refractivity contribution >= 4 is 23.2 Å². The largest absolute Gasteiger partial charge is 0.306 e. The second-order valence-corrected chi connectivity index (χ2v) is 5.38. The number of nitrogens with zero attached hydrogens (tertiary/aromatic N) is 3. The van der Waals surface area contributed by atoms with Crippen LogP contribution in [0, 0.1) is 0 Å². The molecule has 1 atom stereocenters. The van der Waals surface area contributed by atoms with Gasteiger partial charge in [-0.1, -0.05) is 12.1 Å². The second kappa shape index (κ2) is 5.60. The van der Waals surface area contributed by atoms with E-state index in [0.717, 1.165) is 11.4 Å². The molecule has 0 N–H and O–H groups in total. The number of pyridine rings is 1. The van der Waals surface area contributed by atoms with E-state index in [-0.39, 0.29) is 17.9 Å². The fourth-order valence-corrected chi connectivity index (χ4v) is 2.90. The number of para-hydroxylation sites is 2. The highest BCUT2D eigenvalue weighted by Gasteiger charge is 2.33. The third-order valence-corrected chi connectivity index (χ3v) is 3.83. The van der Waals surface area contributed by atoms with Crippen LogP contribution in [-0.4, -0.2) is 29.4 Å². The van der Waals surface area contributed by atoms with Gasteiger partial charge in [-0.2, -0.15) is 0 Å². The first-order chi connectivity index (χ1) is 10.6. The fraction of sp³-hybridized carbons (Fsp3) is 0.235. The van der Waals surface area contributed by atoms with Crippen molar-refractivity contribution in [2.45, 2.75) is 19.9 Å². The molecule has 3 rings (SSSR count). The zero-order chi connectivity index (χ0) is 15.7. The molecule has 2 amide bonds. The highest BCUT2D eigenvalue weighted by atomic mass is 16.2. The van der Waals surface area contributed by atoms with E-state index in [9.17, 15) is 9.59 Å². The van der Waals surface area contributed by atoms with Gasteiger partial charge in [-0.05, 0) is 31.2 Å². The van der Waals surface area contributed by atoms with Crippen molar-refractivity contribution in [3.8, 4) is 0 Å². The van der Waals surface area contributed by atoms with Crippen molar-refractivity contribution in [3.63, 3.8) is 0 Å². The maximum Gasteiger partial charge on any atom is 0.258 e. The molecule has 112 valence electrons. The third kappa shape index (κ3) is 2.35. The van der Waals surface area contributed by atoms with E-state index in [1.54, 1.807) is 41.2 Å². The Bertz CT molecular complexity index is 715. The van der Waals surface area contributed by atoms with Crippen molar-refractivity contribution < 1.29 is 9.59 Å². The first-order valence-corrected chi connectivity index (χ1v) is 7.20. The zero-order valence-electron chi connectivity index (χ0n) is 12.6. The van der Waals surface area contributed by atoms with Gasteiger partial charge < -0.3 is 9.80 Å². The molecule has 1 aromatic carbocycles. The van der Waals surface area contributed by atoms with E-state index < -0.39 is 0 Å². The number of hydrogen-bond donors (Lipinski definition) is 0. The molecule has 1 aliphatic rings. The Morgan fingerprint density at radius 1 is 1.09 bits per heavy atom. The van der Waals surface area contributed by atoms with Crippen molar-refractivity contribution in [2.75, 3.05) is 16.3 Å². The van der Waals surface area contributed by atoms with Gasteiger partial charge in [0.25, 0.3) is 5.91 Å². The molecule has 2 aromatic rings. The molecular weight excluding hydrogens is 278 g/mol. The molecule has 5 heteroatoms. The van der Waals surface area contributed by atoms with Crippen molar-refractivity contribution in [1.82, 2.24) is 4.98 Å². The lowest BCUT2D eigenvalue weighted by Gasteiger charge is -2.40. The van der Waals surface area contributed by atoms with Gasteiger partial charge in [0.15, 0.2) is 0 Å². The molecule has 1 aliphatic heterocycles. The Morgan fingerprint density at radius 2 is 1.73 bits per heavy atom. The topological polar surface area (TPSA) is 53.5 Å². The summed E-state index contributed by atoms with van der Waals surface area (Å²) in [5, 5.41) is 0. The van der Waals surface area contributed by atoms with Gasteiger partial charge in [0, 0.05) is 31.4 Å². The number of hydrogen-bond acceptors (Lipinski definition) is 3. The van der Waals surface area contributed by atoms with E-state index in [4.69, 9.17) is 0 Å². The Morgan fingerprint density at radius 3 is 2.36 bits per heavy atom. The van der Waals surface area contributed by atoms with Gasteiger partial charge in [0.1, 0.15) is 0 Å². The average Bonchev–Trinajstić information content (AvgIpc) is 2.53. The Labute approximate surface area is 129 Å². The number of amides is 2. The van der Waals surface area contributed by atoms with Crippen LogP contribution in [0.4, 0.5) is 11.4 Å². The van der Waals surface area contributed by atoms with Crippen LogP contribution in [-0.2, 0) is 4.79 Å². The average molecular weight is 295 g/mol. The SMILES string of the molecule is CC(=O)N1c2ccccc2N(C(=O)c2ccncc2)C[C@@H]1C. The summed E-state index contributed by atoms with van der Waals surface area (Å²) in [4.78, 5) is 32.1. The summed E-state index contributed by atoms with van der Waals surface area (Å²) in [6.45, 7) is 3.97. The van der Waals surface area contributed by atoms with Crippen molar-refractivity contribution in [2.24, 2.45) is 0 Å². The summed E-state index contributed by atoms with van der Waals surface area (Å²) in [5.41, 5.74) is 2.13. The van der Waals surface area contributed by atoms with E-state index in [2.05, 4.69) is 4.98 Å². The summed E-state index contributed by atoms with van der Waals surface area (Å²) in [6.07, 6.45) is 3.21. The molecule has 0 bridgehead atoms. The Hall–Kier alpha value is -2.69. The van der Waals surface area contributed by atoms with E-state index in [1.165, 1.54) is 0 Å². The number of fused-ring (bicyclic) bond motifs is 1. The molecule has 0 radical (unpaired) electrons. The van der Waals surface area contributed by atoms with E-state index in [0.29, 0.717) is 12.1 Å². The first-order valence-electron chi connectivity index (χ1n) is 7.20. The minimum atomic E-state index is -0.0788. The zero-order valence-corrected chi connectivity index (χ0v) is 12.6. The van der Waals surface area contributed by atoms with E-state index >= 15 is 0 Å². The molecule has 5 nitrogen and oxygen atoms in total. The number of benzene rings is 1. The fourth-order valence-electron chi connectivity index (χ4n) is 2.90. The maximum atomic E-state index is 12.8. The number of carbonyl (C=O) groups is 2. The molecule has 2 heterocycles. The maximum absolute atomic E-state index is 12.8. The van der Waals surface area contributed by atoms with E-state index in [1.807, 2.05) is 31.2 Å². The van der Waals surface area contributed by atoms with Crippen LogP contribution in [0.2, 0.25) is 0 Å². The van der Waals surface area contributed by atoms with Crippen molar-refractivity contribution in [3.05, 3.63) is 54.4 Å². The van der Waals surface area contributed by atoms with Gasteiger partial charge in [-0.15, -0.1) is 0 Å². The summed E-state index contributed by atoms with van der Waals surface area (Å²) in [5.74, 6) is -0.0964. The number of rotatable bonds is 1. The quantitative estimate of drug-likeness (QED) is 0.812. The predicted octanol–water partition coefficient (Wildman–Crippen LogP) is 2.48. The van der Waals surface area contributed by atoms with Gasteiger partial charge in [0.2, 0.25) is 5.91 Å². The van der Waals surface area contributed by atoms with Crippen LogP contribution in [0.15, 0.2) is 48.8 Å². The normalized spacial score (nSPS) is 17.1. The lowest BCUT2D eigenvalue weighted by Crippen LogP contribution is -2.51. The monoisotopic (exact) mass is 295 g/mol. The molecular formula is C17H17N3O2. The molecule has 0 saturated carbocycles. The number of anilines is 2. The molecule has 22 heavy (non-hydrogen) atoms. The van der Waals surface area contributed by atoms with Gasteiger partial charge in [0.05, 0.1) is 17.4 Å². The number of aromatic nitrogens is 1. The van der Waals surface area contributed by atoms with Crippen LogP contribution < -0.4 is 9.80 Å². The molecule has 1 aromatic heterocycles. The molecule has 0 unspecified atom stereocenters. The lowest BCUT2D eigenvalue weighted by atomic mass is 10.1. The number of carbonyl (C=O) groups excluding carboxylic acids is 2. The predicted molar refractivity (Wildman–Crippen MR) is 85.0 cm³/mol. The third-order valence-electron chi connectivity index (χ3n) is 3.83. The van der Waals surface area contributed by atoms with Crippen LogP contribution >= 0.6 is 0 Å². The highest BCUT2D eigenvalue weighted by Crippen LogP contribution is 2.36. The summed E-state index contributed by atoms with van der Waals surface area (Å²) in [7, 11) is 0. The lowest BCUT2D eigenvalue weighted by molar-refractivity contribution is -0.117. The van der Waals surface area contributed by atoms with Crippen LogP contribution in [0.25, 0.3) is 0 Å². The second-order valence-electron chi connectivity index (χ2n) is 5.38. The Balaban J connectivity index is 2.05. The first kappa shape index (κ1) is 14.3. The standard InChI is InChI=1S/C17H17N3O2/c1-12-11-19(17(22)14-7-9-18-10-8-14)15-5-3-4-6-16(15)20(12)13(2)21/h3-10,12H,11H2,1-2H3/t12-/m0/s1. The smallest absolute Gasteiger partial charge is 0.258 e. The summed E-state index contributed by atoms with van der Waals surface area (Å²) in [6, 6.07) is 10.8. The minimum absolute atomic E-state index is 0.0176. The van der Waals surface area contributed by atoms with Gasteiger partial charge in [-0.3, -0.25) is 14.6 Å². The summed E-state index contributed by atoms with van der Waals surface area (Å²) >= 11 is 0. The van der Waals surface area contributed by atoms with Crippen LogP contribution in [0.1, 0.15) is 24.2 Å². The molecule has 0 spiro atoms. The van der Waals surface area contributed by atoms with Gasteiger partial charge in [-0.25, -0.2) is 0 Å². The van der Waals surface area contributed by atoms with Crippen LogP contribution in [0.3, 0.4) is 0 Å². The minimum Gasteiger partial charge on any atom is -0.306 e. The van der Waals surface area contributed by atoms with Crippen LogP contribution in [0.5, 0.6) is 0 Å². The molecule has 0 saturated heterocycles.